The third kappa shape index (κ3) is 2.73. The minimum atomic E-state index is -0.513. The number of hydrogen-bond donors (Lipinski definition) is 1. The van der Waals surface area contributed by atoms with Crippen LogP contribution in [-0.4, -0.2) is 49.1 Å². The van der Waals surface area contributed by atoms with Crippen LogP contribution in [0, 0.1) is 0 Å². The summed E-state index contributed by atoms with van der Waals surface area (Å²) in [6, 6.07) is 0. The van der Waals surface area contributed by atoms with E-state index in [9.17, 15) is 0 Å². The smallest absolute Gasteiger partial charge is 0.204 e. The third-order valence-corrected chi connectivity index (χ3v) is 3.17. The van der Waals surface area contributed by atoms with Crippen molar-refractivity contribution in [1.82, 2.24) is 4.90 Å². The van der Waals surface area contributed by atoms with Gasteiger partial charge in [-0.2, -0.15) is 0 Å². The first-order valence-electron chi connectivity index (χ1n) is 5.99. The fourth-order valence-electron chi connectivity index (χ4n) is 2.07. The molecule has 2 aliphatic rings. The van der Waals surface area contributed by atoms with Gasteiger partial charge in [0.25, 0.3) is 0 Å². The van der Waals surface area contributed by atoms with Crippen molar-refractivity contribution >= 4 is 0 Å². The average molecular weight is 230 g/mol. The van der Waals surface area contributed by atoms with Gasteiger partial charge in [0, 0.05) is 39.0 Å². The highest BCUT2D eigenvalue weighted by molar-refractivity contribution is 4.83. The first kappa shape index (κ1) is 12.3. The molecule has 2 N–H and O–H groups in total. The molecule has 0 unspecified atom stereocenters. The van der Waals surface area contributed by atoms with Crippen LogP contribution in [0.15, 0.2) is 0 Å². The van der Waals surface area contributed by atoms with Crippen LogP contribution < -0.4 is 5.73 Å². The molecule has 0 amide bonds. The number of piperidine rings is 1. The summed E-state index contributed by atoms with van der Waals surface area (Å²) in [4.78, 5) is 13.2. The maximum Gasteiger partial charge on any atom is 0.204 e. The van der Waals surface area contributed by atoms with Crippen molar-refractivity contribution in [3.05, 3.63) is 0 Å². The summed E-state index contributed by atoms with van der Waals surface area (Å²) < 4.78 is 5.84. The topological polar surface area (TPSA) is 57.0 Å². The molecule has 0 aliphatic carbocycles. The largest absolute Gasteiger partial charge is 0.344 e. The Kier molecular flexibility index (Phi) is 3.51. The molecule has 94 valence electrons. The summed E-state index contributed by atoms with van der Waals surface area (Å²) >= 11 is 0. The summed E-state index contributed by atoms with van der Waals surface area (Å²) in [5, 5.41) is 0. The summed E-state index contributed by atoms with van der Waals surface area (Å²) in [7, 11) is 0. The van der Waals surface area contributed by atoms with Gasteiger partial charge in [-0.1, -0.05) is 0 Å². The first-order chi connectivity index (χ1) is 7.55. The molecule has 2 fully saturated rings. The van der Waals surface area contributed by atoms with E-state index < -0.39 is 5.79 Å². The van der Waals surface area contributed by atoms with Crippen LogP contribution in [0.1, 0.15) is 26.7 Å². The molecule has 2 rings (SSSR count). The van der Waals surface area contributed by atoms with Crippen molar-refractivity contribution in [2.24, 2.45) is 5.73 Å². The van der Waals surface area contributed by atoms with Crippen molar-refractivity contribution in [3.8, 4) is 0 Å². The Bertz CT molecular complexity index is 225. The molecular weight excluding hydrogens is 208 g/mol. The average Bonchev–Trinajstić information content (AvgIpc) is 2.27. The van der Waals surface area contributed by atoms with E-state index in [1.165, 1.54) is 0 Å². The Labute approximate surface area is 96.7 Å². The molecule has 0 aromatic rings. The molecule has 5 heteroatoms. The molecule has 0 aromatic heterocycles. The highest BCUT2D eigenvalue weighted by Gasteiger charge is 2.44. The Morgan fingerprint density at radius 2 is 1.88 bits per heavy atom. The molecule has 5 nitrogen and oxygen atoms in total. The lowest BCUT2D eigenvalue weighted by Crippen LogP contribution is -2.55. The molecule has 0 saturated carbocycles. The van der Waals surface area contributed by atoms with Gasteiger partial charge in [0.15, 0.2) is 0 Å². The number of nitrogens with two attached hydrogens (primary N) is 1. The van der Waals surface area contributed by atoms with Gasteiger partial charge < -0.3 is 15.4 Å². The highest BCUT2D eigenvalue weighted by Crippen LogP contribution is 2.34. The molecule has 16 heavy (non-hydrogen) atoms. The summed E-state index contributed by atoms with van der Waals surface area (Å²) in [6.45, 7) is 8.08. The number of ether oxygens (including phenoxy) is 1. The van der Waals surface area contributed by atoms with Gasteiger partial charge in [0.1, 0.15) is 5.60 Å². The van der Waals surface area contributed by atoms with Crippen LogP contribution in [-0.2, 0) is 14.5 Å². The lowest BCUT2D eigenvalue weighted by Gasteiger charge is -2.45. The van der Waals surface area contributed by atoms with E-state index in [1.54, 1.807) is 0 Å². The van der Waals surface area contributed by atoms with E-state index in [1.807, 2.05) is 13.8 Å². The van der Waals surface area contributed by atoms with Gasteiger partial charge in [-0.3, -0.25) is 0 Å². The van der Waals surface area contributed by atoms with Crippen molar-refractivity contribution in [2.75, 3.05) is 32.8 Å². The molecular formula is C11H22N2O3. The lowest BCUT2D eigenvalue weighted by molar-refractivity contribution is -0.511. The van der Waals surface area contributed by atoms with Crippen molar-refractivity contribution < 1.29 is 14.5 Å². The summed E-state index contributed by atoms with van der Waals surface area (Å²) in [5.41, 5.74) is 5.20. The molecule has 0 atom stereocenters. The Morgan fingerprint density at radius 1 is 1.19 bits per heavy atom. The molecule has 0 aromatic carbocycles. The zero-order valence-electron chi connectivity index (χ0n) is 10.2. The van der Waals surface area contributed by atoms with E-state index in [2.05, 4.69) is 4.90 Å². The van der Waals surface area contributed by atoms with Crippen LogP contribution in [0.2, 0.25) is 0 Å². The molecule has 0 radical (unpaired) electrons. The van der Waals surface area contributed by atoms with Crippen molar-refractivity contribution in [1.29, 1.82) is 0 Å². The first-order valence-corrected chi connectivity index (χ1v) is 5.99. The van der Waals surface area contributed by atoms with E-state index in [-0.39, 0.29) is 5.60 Å². The van der Waals surface area contributed by atoms with Gasteiger partial charge in [-0.15, -0.1) is 0 Å². The van der Waals surface area contributed by atoms with Gasteiger partial charge >= 0.3 is 0 Å². The van der Waals surface area contributed by atoms with E-state index in [4.69, 9.17) is 20.2 Å². The number of likely N-dealkylation sites (tertiary alicyclic amines) is 1. The van der Waals surface area contributed by atoms with Crippen molar-refractivity contribution in [3.63, 3.8) is 0 Å². The monoisotopic (exact) mass is 230 g/mol. The summed E-state index contributed by atoms with van der Waals surface area (Å²) in [5.74, 6) is -0.513. The van der Waals surface area contributed by atoms with Gasteiger partial charge in [0.2, 0.25) is 5.79 Å². The number of rotatable bonds is 2. The Morgan fingerprint density at radius 3 is 2.38 bits per heavy atom. The Balaban J connectivity index is 1.84. The predicted molar refractivity (Wildman–Crippen MR) is 59.7 cm³/mol. The second-order valence-electron chi connectivity index (χ2n) is 5.26. The molecule has 1 spiro atoms. The normalized spacial score (nSPS) is 29.4. The highest BCUT2D eigenvalue weighted by atomic mass is 17.2. The minimum Gasteiger partial charge on any atom is -0.344 e. The SMILES string of the molecule is CC1(C)COC2(CCN(CCN)CC2)OO1. The van der Waals surface area contributed by atoms with Crippen molar-refractivity contribution in [2.45, 2.75) is 38.1 Å². The molecule has 2 aliphatic heterocycles. The fourth-order valence-corrected chi connectivity index (χ4v) is 2.07. The summed E-state index contributed by atoms with van der Waals surface area (Å²) in [6.07, 6.45) is 1.70. The zero-order valence-corrected chi connectivity index (χ0v) is 10.2. The van der Waals surface area contributed by atoms with E-state index >= 15 is 0 Å². The number of nitrogens with zero attached hydrogens (tertiary/aromatic N) is 1. The maximum absolute atomic E-state index is 5.84. The van der Waals surface area contributed by atoms with E-state index in [0.29, 0.717) is 13.2 Å². The van der Waals surface area contributed by atoms with Crippen LogP contribution in [0.25, 0.3) is 0 Å². The Hall–Kier alpha value is -0.200. The fraction of sp³-hybridized carbons (Fsp3) is 1.00. The van der Waals surface area contributed by atoms with Crippen LogP contribution in [0.5, 0.6) is 0 Å². The third-order valence-electron chi connectivity index (χ3n) is 3.17. The molecule has 0 bridgehead atoms. The van der Waals surface area contributed by atoms with Crippen LogP contribution >= 0.6 is 0 Å². The number of hydrogen-bond acceptors (Lipinski definition) is 5. The van der Waals surface area contributed by atoms with Gasteiger partial charge in [-0.05, 0) is 13.8 Å². The second-order valence-corrected chi connectivity index (χ2v) is 5.26. The molecule has 2 heterocycles. The van der Waals surface area contributed by atoms with Crippen LogP contribution in [0.3, 0.4) is 0 Å². The van der Waals surface area contributed by atoms with Crippen LogP contribution in [0.4, 0.5) is 0 Å². The second kappa shape index (κ2) is 4.58. The standard InChI is InChI=1S/C11H22N2O3/c1-10(2)9-14-11(16-15-10)3-6-13(7-4-11)8-5-12/h3-9,12H2,1-2H3. The zero-order chi connectivity index (χ0) is 11.6. The van der Waals surface area contributed by atoms with Gasteiger partial charge in [0.05, 0.1) is 6.61 Å². The van der Waals surface area contributed by atoms with Gasteiger partial charge in [-0.25, -0.2) is 9.78 Å². The quantitative estimate of drug-likeness (QED) is 0.700. The lowest BCUT2D eigenvalue weighted by atomic mass is 10.0. The molecule has 2 saturated heterocycles. The minimum absolute atomic E-state index is 0.334. The maximum atomic E-state index is 5.84. The predicted octanol–water partition coefficient (Wildman–Crippen LogP) is 0.494. The van der Waals surface area contributed by atoms with E-state index in [0.717, 1.165) is 32.5 Å².